The number of anilines is 1. The molecular weight excluding hydrogens is 302 g/mol. The quantitative estimate of drug-likeness (QED) is 0.883. The van der Waals surface area contributed by atoms with Crippen LogP contribution in [0.4, 0.5) is 5.69 Å². The van der Waals surface area contributed by atoms with Gasteiger partial charge in [-0.15, -0.1) is 0 Å². The molecule has 22 heavy (non-hydrogen) atoms. The SMILES string of the molecule is CC(CS(=O)(=O)N(C)C)Nc1ccc2oc(C3CC3)nc2c1. The zero-order chi connectivity index (χ0) is 15.9. The van der Waals surface area contributed by atoms with Crippen LogP contribution in [0.3, 0.4) is 0 Å². The monoisotopic (exact) mass is 323 g/mol. The molecule has 0 aliphatic heterocycles. The number of nitrogens with zero attached hydrogens (tertiary/aromatic N) is 2. The molecule has 1 aromatic heterocycles. The van der Waals surface area contributed by atoms with Crippen molar-refractivity contribution in [3.8, 4) is 0 Å². The van der Waals surface area contributed by atoms with Gasteiger partial charge < -0.3 is 9.73 Å². The van der Waals surface area contributed by atoms with Crippen LogP contribution in [0.25, 0.3) is 11.1 Å². The average molecular weight is 323 g/mol. The summed E-state index contributed by atoms with van der Waals surface area (Å²) in [5, 5.41) is 3.21. The van der Waals surface area contributed by atoms with Gasteiger partial charge in [-0.2, -0.15) is 0 Å². The third kappa shape index (κ3) is 3.25. The van der Waals surface area contributed by atoms with Gasteiger partial charge in [0, 0.05) is 31.7 Å². The van der Waals surface area contributed by atoms with Crippen LogP contribution >= 0.6 is 0 Å². The van der Waals surface area contributed by atoms with Gasteiger partial charge in [0.15, 0.2) is 11.5 Å². The molecule has 1 aliphatic carbocycles. The molecule has 1 aliphatic rings. The van der Waals surface area contributed by atoms with Crippen molar-refractivity contribution in [3.63, 3.8) is 0 Å². The molecule has 1 N–H and O–H groups in total. The van der Waals surface area contributed by atoms with Gasteiger partial charge in [0.25, 0.3) is 0 Å². The maximum Gasteiger partial charge on any atom is 0.215 e. The lowest BCUT2D eigenvalue weighted by Crippen LogP contribution is -2.33. The summed E-state index contributed by atoms with van der Waals surface area (Å²) < 4.78 is 30.7. The van der Waals surface area contributed by atoms with E-state index >= 15 is 0 Å². The third-order valence-electron chi connectivity index (χ3n) is 3.76. The minimum Gasteiger partial charge on any atom is -0.440 e. The van der Waals surface area contributed by atoms with Crippen LogP contribution in [0, 0.1) is 0 Å². The molecular formula is C15H21N3O3S. The largest absolute Gasteiger partial charge is 0.440 e. The molecule has 3 rings (SSSR count). The van der Waals surface area contributed by atoms with E-state index in [0.29, 0.717) is 5.92 Å². The molecule has 0 spiro atoms. The number of rotatable bonds is 6. The maximum atomic E-state index is 11.9. The van der Waals surface area contributed by atoms with E-state index in [4.69, 9.17) is 4.42 Å². The first-order valence-corrected chi connectivity index (χ1v) is 9.03. The van der Waals surface area contributed by atoms with E-state index in [1.807, 2.05) is 25.1 Å². The molecule has 6 nitrogen and oxygen atoms in total. The maximum absolute atomic E-state index is 11.9. The fourth-order valence-electron chi connectivity index (χ4n) is 2.33. The molecule has 2 aromatic rings. The normalized spacial score (nSPS) is 17.1. The Hall–Kier alpha value is -1.60. The fourth-order valence-corrected chi connectivity index (χ4v) is 3.34. The summed E-state index contributed by atoms with van der Waals surface area (Å²) in [5.41, 5.74) is 2.44. The second-order valence-corrected chi connectivity index (χ2v) is 8.34. The Kier molecular flexibility index (Phi) is 3.86. The van der Waals surface area contributed by atoms with Crippen LogP contribution in [0.1, 0.15) is 31.6 Å². The second-order valence-electron chi connectivity index (χ2n) is 6.12. The Labute approximate surface area is 130 Å². The number of benzene rings is 1. The van der Waals surface area contributed by atoms with Crippen LogP contribution in [-0.4, -0.2) is 43.6 Å². The van der Waals surface area contributed by atoms with Crippen LogP contribution in [0.15, 0.2) is 22.6 Å². The molecule has 7 heteroatoms. The number of hydrogen-bond acceptors (Lipinski definition) is 5. The van der Waals surface area contributed by atoms with E-state index in [2.05, 4.69) is 10.3 Å². The standard InChI is InChI=1S/C15H21N3O3S/c1-10(9-22(19,20)18(2)3)16-12-6-7-14-13(8-12)17-15(21-14)11-4-5-11/h6-8,10-11,16H,4-5,9H2,1-3H3. The van der Waals surface area contributed by atoms with Crippen molar-refractivity contribution >= 4 is 26.8 Å². The highest BCUT2D eigenvalue weighted by Crippen LogP contribution is 2.40. The molecule has 0 amide bonds. The number of hydrogen-bond donors (Lipinski definition) is 1. The summed E-state index contributed by atoms with van der Waals surface area (Å²) in [6.45, 7) is 1.85. The van der Waals surface area contributed by atoms with Gasteiger partial charge >= 0.3 is 0 Å². The lowest BCUT2D eigenvalue weighted by Gasteiger charge is -2.18. The number of sulfonamides is 1. The summed E-state index contributed by atoms with van der Waals surface area (Å²) in [7, 11) is -0.133. The minimum absolute atomic E-state index is 0.0458. The van der Waals surface area contributed by atoms with Gasteiger partial charge in [-0.3, -0.25) is 0 Å². The molecule has 0 saturated heterocycles. The van der Waals surface area contributed by atoms with Gasteiger partial charge in [0.1, 0.15) is 5.52 Å². The molecule has 1 aromatic carbocycles. The van der Waals surface area contributed by atoms with Crippen molar-refractivity contribution in [2.45, 2.75) is 31.7 Å². The molecule has 1 heterocycles. The van der Waals surface area contributed by atoms with E-state index in [9.17, 15) is 8.42 Å². The van der Waals surface area contributed by atoms with Crippen molar-refractivity contribution in [1.29, 1.82) is 0 Å². The molecule has 1 atom stereocenters. The number of fused-ring (bicyclic) bond motifs is 1. The predicted molar refractivity (Wildman–Crippen MR) is 86.5 cm³/mol. The van der Waals surface area contributed by atoms with Gasteiger partial charge in [0.2, 0.25) is 10.0 Å². The molecule has 1 saturated carbocycles. The lowest BCUT2D eigenvalue weighted by molar-refractivity contribution is 0.517. The first-order valence-electron chi connectivity index (χ1n) is 7.42. The van der Waals surface area contributed by atoms with Crippen LogP contribution in [-0.2, 0) is 10.0 Å². The van der Waals surface area contributed by atoms with E-state index in [1.54, 1.807) is 14.1 Å². The number of aromatic nitrogens is 1. The van der Waals surface area contributed by atoms with Crippen molar-refractivity contribution < 1.29 is 12.8 Å². The van der Waals surface area contributed by atoms with Gasteiger partial charge in [-0.25, -0.2) is 17.7 Å². The highest BCUT2D eigenvalue weighted by molar-refractivity contribution is 7.89. The Bertz CT molecular complexity index is 778. The summed E-state index contributed by atoms with van der Waals surface area (Å²) >= 11 is 0. The summed E-state index contributed by atoms with van der Waals surface area (Å²) in [6.07, 6.45) is 2.30. The summed E-state index contributed by atoms with van der Waals surface area (Å²) in [5.74, 6) is 1.34. The van der Waals surface area contributed by atoms with Crippen LogP contribution < -0.4 is 5.32 Å². The smallest absolute Gasteiger partial charge is 0.215 e. The average Bonchev–Trinajstić information content (AvgIpc) is 3.18. The first-order chi connectivity index (χ1) is 10.3. The molecule has 120 valence electrons. The molecule has 0 radical (unpaired) electrons. The fraction of sp³-hybridized carbons (Fsp3) is 0.533. The van der Waals surface area contributed by atoms with E-state index < -0.39 is 10.0 Å². The summed E-state index contributed by atoms with van der Waals surface area (Å²) in [4.78, 5) is 4.51. The second kappa shape index (κ2) is 5.55. The highest BCUT2D eigenvalue weighted by atomic mass is 32.2. The van der Waals surface area contributed by atoms with Gasteiger partial charge in [-0.05, 0) is 38.0 Å². The Balaban J connectivity index is 1.73. The number of nitrogens with one attached hydrogen (secondary N) is 1. The molecule has 1 unspecified atom stereocenters. The van der Waals surface area contributed by atoms with E-state index in [1.165, 1.54) is 4.31 Å². The van der Waals surface area contributed by atoms with Crippen molar-refractivity contribution in [1.82, 2.24) is 9.29 Å². The molecule has 0 bridgehead atoms. The van der Waals surface area contributed by atoms with Gasteiger partial charge in [-0.1, -0.05) is 0 Å². The Morgan fingerprint density at radius 3 is 2.77 bits per heavy atom. The van der Waals surface area contributed by atoms with E-state index in [0.717, 1.165) is 35.5 Å². The van der Waals surface area contributed by atoms with Gasteiger partial charge in [0.05, 0.1) is 5.75 Å². The number of oxazole rings is 1. The first kappa shape index (κ1) is 15.3. The summed E-state index contributed by atoms with van der Waals surface area (Å²) in [6, 6.07) is 5.48. The topological polar surface area (TPSA) is 75.4 Å². The van der Waals surface area contributed by atoms with Crippen molar-refractivity contribution in [3.05, 3.63) is 24.1 Å². The minimum atomic E-state index is -3.22. The lowest BCUT2D eigenvalue weighted by atomic mass is 10.2. The van der Waals surface area contributed by atoms with Crippen molar-refractivity contribution in [2.75, 3.05) is 25.2 Å². The molecule has 1 fully saturated rings. The van der Waals surface area contributed by atoms with Crippen molar-refractivity contribution in [2.24, 2.45) is 0 Å². The zero-order valence-corrected chi connectivity index (χ0v) is 13.9. The third-order valence-corrected chi connectivity index (χ3v) is 5.79. The zero-order valence-electron chi connectivity index (χ0n) is 13.0. The Morgan fingerprint density at radius 1 is 1.41 bits per heavy atom. The predicted octanol–water partition coefficient (Wildman–Crippen LogP) is 2.40. The highest BCUT2D eigenvalue weighted by Gasteiger charge is 2.29. The Morgan fingerprint density at radius 2 is 2.14 bits per heavy atom. The van der Waals surface area contributed by atoms with E-state index in [-0.39, 0.29) is 11.8 Å². The van der Waals surface area contributed by atoms with Crippen LogP contribution in [0.5, 0.6) is 0 Å². The van der Waals surface area contributed by atoms with Crippen LogP contribution in [0.2, 0.25) is 0 Å².